The molecule has 1 N–H and O–H groups in total. The van der Waals surface area contributed by atoms with Crippen LogP contribution >= 0.6 is 0 Å². The number of hydrogen-bond donors (Lipinski definition) is 1. The topological polar surface area (TPSA) is 68.3 Å². The molecule has 2 aliphatic heterocycles. The molecule has 2 bridgehead atoms. The molecular formula is C15H22N2O3S. The molecule has 0 radical (unpaired) electrons. The van der Waals surface area contributed by atoms with E-state index in [0.29, 0.717) is 12.1 Å². The van der Waals surface area contributed by atoms with Crippen LogP contribution in [0.15, 0.2) is 23.4 Å². The third-order valence-corrected chi connectivity index (χ3v) is 6.68. The highest BCUT2D eigenvalue weighted by molar-refractivity contribution is 7.92. The van der Waals surface area contributed by atoms with Crippen LogP contribution in [-0.2, 0) is 14.6 Å². The number of sulfone groups is 1. The minimum atomic E-state index is -3.39. The van der Waals surface area contributed by atoms with Crippen LogP contribution in [0.2, 0.25) is 0 Å². The lowest BCUT2D eigenvalue weighted by Gasteiger charge is -2.22. The van der Waals surface area contributed by atoms with Gasteiger partial charge >= 0.3 is 0 Å². The monoisotopic (exact) mass is 310 g/mol. The van der Waals surface area contributed by atoms with Gasteiger partial charge in [0.25, 0.3) is 0 Å². The van der Waals surface area contributed by atoms with Crippen molar-refractivity contribution < 1.29 is 13.2 Å². The van der Waals surface area contributed by atoms with Crippen molar-refractivity contribution >= 4 is 15.5 Å². The standard InChI is InChI=1S/C15H22N2O3S/c1-15(2,3)21(18,19)14-7-4-10(9-16-14)17-12-8-11-5-6-13(12)20-11/h4,7,9,11-13,17H,5-6,8H2,1-3H3/t11-,12+,13-/m1/s1. The normalized spacial score (nSPS) is 28.8. The van der Waals surface area contributed by atoms with Crippen molar-refractivity contribution in [1.82, 2.24) is 4.98 Å². The van der Waals surface area contributed by atoms with E-state index in [9.17, 15) is 8.42 Å². The Bertz CT molecular complexity index is 619. The fraction of sp³-hybridized carbons (Fsp3) is 0.667. The summed E-state index contributed by atoms with van der Waals surface area (Å²) in [6.07, 6.45) is 5.56. The molecule has 0 unspecified atom stereocenters. The molecule has 0 aromatic carbocycles. The van der Waals surface area contributed by atoms with E-state index in [0.717, 1.165) is 24.9 Å². The molecule has 2 saturated heterocycles. The van der Waals surface area contributed by atoms with Gasteiger partial charge in [-0.1, -0.05) is 0 Å². The summed E-state index contributed by atoms with van der Waals surface area (Å²) < 4.78 is 29.6. The Morgan fingerprint density at radius 1 is 1.29 bits per heavy atom. The summed E-state index contributed by atoms with van der Waals surface area (Å²) in [4.78, 5) is 4.13. The maximum absolute atomic E-state index is 12.3. The highest BCUT2D eigenvalue weighted by Crippen LogP contribution is 2.36. The second-order valence-electron chi connectivity index (χ2n) is 6.86. The van der Waals surface area contributed by atoms with Crippen molar-refractivity contribution in [3.05, 3.63) is 18.3 Å². The molecule has 0 aliphatic carbocycles. The second-order valence-corrected chi connectivity index (χ2v) is 9.51. The van der Waals surface area contributed by atoms with Crippen molar-refractivity contribution in [1.29, 1.82) is 0 Å². The van der Waals surface area contributed by atoms with Crippen LogP contribution in [0.5, 0.6) is 0 Å². The van der Waals surface area contributed by atoms with Crippen LogP contribution in [-0.4, -0.2) is 36.4 Å². The Hall–Kier alpha value is -1.14. The molecule has 2 aliphatic rings. The number of anilines is 1. The lowest BCUT2D eigenvalue weighted by atomic mass is 9.95. The molecular weight excluding hydrogens is 288 g/mol. The third kappa shape index (κ3) is 2.66. The molecule has 2 fully saturated rings. The number of aromatic nitrogens is 1. The van der Waals surface area contributed by atoms with E-state index in [-0.39, 0.29) is 11.1 Å². The summed E-state index contributed by atoms with van der Waals surface area (Å²) in [5.41, 5.74) is 0.851. The summed E-state index contributed by atoms with van der Waals surface area (Å²) in [6.45, 7) is 5.05. The highest BCUT2D eigenvalue weighted by Gasteiger charge is 2.40. The lowest BCUT2D eigenvalue weighted by Crippen LogP contribution is -2.31. The van der Waals surface area contributed by atoms with Crippen LogP contribution in [0.4, 0.5) is 5.69 Å². The van der Waals surface area contributed by atoms with Gasteiger partial charge in [-0.15, -0.1) is 0 Å². The molecule has 1 aromatic heterocycles. The zero-order valence-electron chi connectivity index (χ0n) is 12.7. The molecule has 21 heavy (non-hydrogen) atoms. The van der Waals surface area contributed by atoms with Crippen molar-refractivity contribution in [2.75, 3.05) is 5.32 Å². The molecule has 0 saturated carbocycles. The lowest BCUT2D eigenvalue weighted by molar-refractivity contribution is 0.102. The first-order chi connectivity index (χ1) is 9.77. The Balaban J connectivity index is 1.73. The zero-order valence-corrected chi connectivity index (χ0v) is 13.5. The third-order valence-electron chi connectivity index (χ3n) is 4.28. The van der Waals surface area contributed by atoms with Crippen molar-refractivity contribution in [3.63, 3.8) is 0 Å². The van der Waals surface area contributed by atoms with E-state index < -0.39 is 14.6 Å². The van der Waals surface area contributed by atoms with Crippen molar-refractivity contribution in [2.24, 2.45) is 0 Å². The number of nitrogens with one attached hydrogen (secondary N) is 1. The largest absolute Gasteiger partial charge is 0.378 e. The molecule has 1 aromatic rings. The maximum atomic E-state index is 12.3. The smallest absolute Gasteiger partial charge is 0.200 e. The molecule has 116 valence electrons. The number of rotatable bonds is 3. The molecule has 5 nitrogen and oxygen atoms in total. The first kappa shape index (κ1) is 14.8. The molecule has 3 heterocycles. The van der Waals surface area contributed by atoms with Gasteiger partial charge in [0, 0.05) is 0 Å². The van der Waals surface area contributed by atoms with Crippen molar-refractivity contribution in [3.8, 4) is 0 Å². The van der Waals surface area contributed by atoms with E-state index in [1.165, 1.54) is 0 Å². The van der Waals surface area contributed by atoms with Crippen LogP contribution in [0.25, 0.3) is 0 Å². The minimum absolute atomic E-state index is 0.129. The Kier molecular flexibility index (Phi) is 3.48. The Morgan fingerprint density at radius 3 is 2.52 bits per heavy atom. The Labute approximate surface area is 126 Å². The predicted octanol–water partition coefficient (Wildman–Crippen LogP) is 2.39. The fourth-order valence-electron chi connectivity index (χ4n) is 2.94. The van der Waals surface area contributed by atoms with Gasteiger partial charge in [0.1, 0.15) is 0 Å². The molecule has 0 spiro atoms. The molecule has 0 amide bonds. The second kappa shape index (κ2) is 4.95. The summed E-state index contributed by atoms with van der Waals surface area (Å²) in [5.74, 6) is 0. The maximum Gasteiger partial charge on any atom is 0.200 e. The van der Waals surface area contributed by atoms with Gasteiger partial charge in [0.15, 0.2) is 14.9 Å². The Morgan fingerprint density at radius 2 is 2.05 bits per heavy atom. The van der Waals surface area contributed by atoms with E-state index in [4.69, 9.17) is 4.74 Å². The number of fused-ring (bicyclic) bond motifs is 2. The number of nitrogens with zero attached hydrogens (tertiary/aromatic N) is 1. The molecule has 6 heteroatoms. The van der Waals surface area contributed by atoms with E-state index in [2.05, 4.69) is 10.3 Å². The average molecular weight is 310 g/mol. The summed E-state index contributed by atoms with van der Waals surface area (Å²) >= 11 is 0. The summed E-state index contributed by atoms with van der Waals surface area (Å²) in [6, 6.07) is 3.69. The van der Waals surface area contributed by atoms with Crippen molar-refractivity contribution in [2.45, 2.75) is 68.1 Å². The number of ether oxygens (including phenoxy) is 1. The van der Waals surface area contributed by atoms with E-state index >= 15 is 0 Å². The predicted molar refractivity (Wildman–Crippen MR) is 81.1 cm³/mol. The molecule has 3 atom stereocenters. The molecule has 3 rings (SSSR count). The summed E-state index contributed by atoms with van der Waals surface area (Å²) in [7, 11) is -3.39. The van der Waals surface area contributed by atoms with Crippen LogP contribution in [0.3, 0.4) is 0 Å². The quantitative estimate of drug-likeness (QED) is 0.928. The van der Waals surface area contributed by atoms with E-state index in [1.54, 1.807) is 39.1 Å². The minimum Gasteiger partial charge on any atom is -0.378 e. The van der Waals surface area contributed by atoms with Gasteiger partial charge in [0.05, 0.1) is 34.9 Å². The van der Waals surface area contributed by atoms with Gasteiger partial charge in [-0.2, -0.15) is 0 Å². The van der Waals surface area contributed by atoms with Gasteiger partial charge < -0.3 is 10.1 Å². The SMILES string of the molecule is CC(C)(C)S(=O)(=O)c1ccc(N[C@H]2C[C@H]3CC[C@H]2O3)cn1. The number of hydrogen-bond acceptors (Lipinski definition) is 5. The van der Waals surface area contributed by atoms with Crippen LogP contribution in [0.1, 0.15) is 40.0 Å². The summed E-state index contributed by atoms with van der Waals surface area (Å²) in [5, 5.41) is 3.54. The highest BCUT2D eigenvalue weighted by atomic mass is 32.2. The van der Waals surface area contributed by atoms with Gasteiger partial charge in [-0.05, 0) is 52.2 Å². The average Bonchev–Trinajstić information content (AvgIpc) is 3.00. The van der Waals surface area contributed by atoms with E-state index in [1.807, 2.05) is 0 Å². The zero-order chi connectivity index (χ0) is 15.3. The van der Waals surface area contributed by atoms with Crippen LogP contribution in [0, 0.1) is 0 Å². The van der Waals surface area contributed by atoms with Gasteiger partial charge in [-0.25, -0.2) is 13.4 Å². The first-order valence-corrected chi connectivity index (χ1v) is 8.88. The van der Waals surface area contributed by atoms with Crippen LogP contribution < -0.4 is 5.32 Å². The van der Waals surface area contributed by atoms with Gasteiger partial charge in [-0.3, -0.25) is 0 Å². The first-order valence-electron chi connectivity index (χ1n) is 7.40. The fourth-order valence-corrected chi connectivity index (χ4v) is 4.01. The van der Waals surface area contributed by atoms with Gasteiger partial charge in [0.2, 0.25) is 0 Å². The number of pyridine rings is 1.